The number of carbonyl (C=O) groups is 1. The summed E-state index contributed by atoms with van der Waals surface area (Å²) < 4.78 is 10.4. The number of hydrogen-bond donors (Lipinski definition) is 2. The number of unbranched alkanes of at least 4 members (excludes halogenated alkanes) is 1. The smallest absolute Gasteiger partial charge is 0.252 e. The van der Waals surface area contributed by atoms with Crippen LogP contribution in [0, 0.1) is 0 Å². The Bertz CT molecular complexity index is 380. The highest BCUT2D eigenvalue weighted by Crippen LogP contribution is 2.21. The van der Waals surface area contributed by atoms with E-state index in [-0.39, 0.29) is 0 Å². The number of nitrogens with two attached hydrogens (primary N) is 2. The van der Waals surface area contributed by atoms with E-state index in [1.807, 2.05) is 0 Å². The zero-order valence-electron chi connectivity index (χ0n) is 9.94. The molecule has 0 aliphatic rings. The second-order valence-corrected chi connectivity index (χ2v) is 3.67. The van der Waals surface area contributed by atoms with Crippen molar-refractivity contribution < 1.29 is 14.3 Å². The summed E-state index contributed by atoms with van der Waals surface area (Å²) in [6, 6.07) is 4.86. The average Bonchev–Trinajstić information content (AvgIpc) is 2.30. The van der Waals surface area contributed by atoms with E-state index in [0.29, 0.717) is 30.2 Å². The Morgan fingerprint density at radius 2 is 2.00 bits per heavy atom. The van der Waals surface area contributed by atoms with Gasteiger partial charge in [-0.25, -0.2) is 0 Å². The van der Waals surface area contributed by atoms with Crippen LogP contribution in [-0.4, -0.2) is 26.2 Å². The molecule has 1 amide bonds. The first-order valence-corrected chi connectivity index (χ1v) is 5.46. The van der Waals surface area contributed by atoms with Crippen molar-refractivity contribution in [2.45, 2.75) is 12.8 Å². The first-order chi connectivity index (χ1) is 8.15. The van der Waals surface area contributed by atoms with Crippen LogP contribution in [0.4, 0.5) is 5.69 Å². The summed E-state index contributed by atoms with van der Waals surface area (Å²) in [4.78, 5) is 11.2. The molecule has 0 heterocycles. The van der Waals surface area contributed by atoms with E-state index in [0.717, 1.165) is 12.8 Å². The van der Waals surface area contributed by atoms with Crippen molar-refractivity contribution in [3.05, 3.63) is 23.8 Å². The SMILES string of the molecule is COCCCCOc1ccc(N)cc1C(N)=O. The number of hydrogen-bond acceptors (Lipinski definition) is 4. The van der Waals surface area contributed by atoms with Crippen molar-refractivity contribution in [1.82, 2.24) is 0 Å². The molecule has 0 saturated heterocycles. The maximum Gasteiger partial charge on any atom is 0.252 e. The third kappa shape index (κ3) is 4.32. The van der Waals surface area contributed by atoms with Gasteiger partial charge in [0.15, 0.2) is 0 Å². The molecule has 1 aromatic rings. The lowest BCUT2D eigenvalue weighted by molar-refractivity contribution is 0.0996. The summed E-state index contributed by atoms with van der Waals surface area (Å²) >= 11 is 0. The van der Waals surface area contributed by atoms with Gasteiger partial charge in [-0.2, -0.15) is 0 Å². The van der Waals surface area contributed by atoms with Gasteiger partial charge in [-0.3, -0.25) is 4.79 Å². The van der Waals surface area contributed by atoms with Gasteiger partial charge in [-0.1, -0.05) is 0 Å². The van der Waals surface area contributed by atoms with Crippen molar-refractivity contribution in [2.24, 2.45) is 5.73 Å². The van der Waals surface area contributed by atoms with Gasteiger partial charge in [0.2, 0.25) is 0 Å². The van der Waals surface area contributed by atoms with Gasteiger partial charge in [0.1, 0.15) is 5.75 Å². The molecule has 0 fully saturated rings. The third-order valence-corrected chi connectivity index (χ3v) is 2.27. The van der Waals surface area contributed by atoms with Crippen molar-refractivity contribution in [3.8, 4) is 5.75 Å². The Balaban J connectivity index is 2.55. The number of primary amides is 1. The molecule has 0 aliphatic carbocycles. The van der Waals surface area contributed by atoms with Gasteiger partial charge < -0.3 is 20.9 Å². The zero-order chi connectivity index (χ0) is 12.7. The number of benzene rings is 1. The zero-order valence-corrected chi connectivity index (χ0v) is 9.94. The highest BCUT2D eigenvalue weighted by molar-refractivity contribution is 5.96. The fourth-order valence-electron chi connectivity index (χ4n) is 1.40. The van der Waals surface area contributed by atoms with Gasteiger partial charge in [0.05, 0.1) is 12.2 Å². The quantitative estimate of drug-likeness (QED) is 0.551. The lowest BCUT2D eigenvalue weighted by Gasteiger charge is -2.10. The Kier molecular flexibility index (Phi) is 5.29. The Labute approximate surface area is 101 Å². The first-order valence-electron chi connectivity index (χ1n) is 5.46. The topological polar surface area (TPSA) is 87.6 Å². The molecule has 0 spiro atoms. The van der Waals surface area contributed by atoms with Gasteiger partial charge in [0.25, 0.3) is 5.91 Å². The minimum Gasteiger partial charge on any atom is -0.493 e. The largest absolute Gasteiger partial charge is 0.493 e. The summed E-state index contributed by atoms with van der Waals surface area (Å²) in [5.41, 5.74) is 11.6. The molecule has 0 unspecified atom stereocenters. The number of methoxy groups -OCH3 is 1. The molecular weight excluding hydrogens is 220 g/mol. The molecule has 17 heavy (non-hydrogen) atoms. The van der Waals surface area contributed by atoms with Crippen molar-refractivity contribution >= 4 is 11.6 Å². The Morgan fingerprint density at radius 1 is 1.29 bits per heavy atom. The molecule has 0 atom stereocenters. The predicted octanol–water partition coefficient (Wildman–Crippen LogP) is 1.17. The summed E-state index contributed by atoms with van der Waals surface area (Å²) in [6.45, 7) is 1.22. The molecule has 5 heteroatoms. The van der Waals surface area contributed by atoms with Crippen LogP contribution in [0.25, 0.3) is 0 Å². The van der Waals surface area contributed by atoms with E-state index >= 15 is 0 Å². The summed E-state index contributed by atoms with van der Waals surface area (Å²) in [6.07, 6.45) is 1.77. The van der Waals surface area contributed by atoms with E-state index in [1.54, 1.807) is 19.2 Å². The van der Waals surface area contributed by atoms with Gasteiger partial charge >= 0.3 is 0 Å². The van der Waals surface area contributed by atoms with Crippen molar-refractivity contribution in [3.63, 3.8) is 0 Å². The average molecular weight is 238 g/mol. The number of rotatable bonds is 7. The Hall–Kier alpha value is -1.75. The number of ether oxygens (including phenoxy) is 2. The van der Waals surface area contributed by atoms with E-state index in [1.165, 1.54) is 6.07 Å². The standard InChI is InChI=1S/C12H18N2O3/c1-16-6-2-3-7-17-11-5-4-9(13)8-10(11)12(14)15/h4-5,8H,2-3,6-7,13H2,1H3,(H2,14,15). The molecule has 0 radical (unpaired) electrons. The number of nitrogen functional groups attached to an aromatic ring is 1. The molecule has 1 aromatic carbocycles. The summed E-state index contributed by atoms with van der Waals surface area (Å²) in [7, 11) is 1.66. The number of carbonyl (C=O) groups excluding carboxylic acids is 1. The number of amides is 1. The van der Waals surface area contributed by atoms with E-state index in [4.69, 9.17) is 20.9 Å². The first kappa shape index (κ1) is 13.3. The molecule has 4 N–H and O–H groups in total. The van der Waals surface area contributed by atoms with Crippen LogP contribution >= 0.6 is 0 Å². The van der Waals surface area contributed by atoms with Crippen LogP contribution in [0.3, 0.4) is 0 Å². The monoisotopic (exact) mass is 238 g/mol. The van der Waals surface area contributed by atoms with Gasteiger partial charge in [-0.05, 0) is 31.0 Å². The maximum absolute atomic E-state index is 11.2. The molecule has 1 rings (SSSR count). The minimum atomic E-state index is -0.538. The molecule has 94 valence electrons. The molecule has 0 aliphatic heterocycles. The van der Waals surface area contributed by atoms with Gasteiger partial charge in [-0.15, -0.1) is 0 Å². The fourth-order valence-corrected chi connectivity index (χ4v) is 1.40. The van der Waals surface area contributed by atoms with Crippen molar-refractivity contribution in [1.29, 1.82) is 0 Å². The Morgan fingerprint density at radius 3 is 2.65 bits per heavy atom. The predicted molar refractivity (Wildman–Crippen MR) is 66.0 cm³/mol. The van der Waals surface area contributed by atoms with Crippen LogP contribution in [0.15, 0.2) is 18.2 Å². The van der Waals surface area contributed by atoms with Crippen LogP contribution in [0.2, 0.25) is 0 Å². The lowest BCUT2D eigenvalue weighted by atomic mass is 10.1. The highest BCUT2D eigenvalue weighted by Gasteiger charge is 2.09. The minimum absolute atomic E-state index is 0.316. The van der Waals surface area contributed by atoms with Gasteiger partial charge in [0, 0.05) is 19.4 Å². The molecular formula is C12H18N2O3. The number of anilines is 1. The van der Waals surface area contributed by atoms with Crippen LogP contribution in [0.1, 0.15) is 23.2 Å². The second kappa shape index (κ2) is 6.75. The summed E-state index contributed by atoms with van der Waals surface area (Å²) in [5, 5.41) is 0. The molecule has 5 nitrogen and oxygen atoms in total. The molecule has 0 saturated carbocycles. The summed E-state index contributed by atoms with van der Waals surface area (Å²) in [5.74, 6) is -0.0618. The highest BCUT2D eigenvalue weighted by atomic mass is 16.5. The van der Waals surface area contributed by atoms with E-state index < -0.39 is 5.91 Å². The van der Waals surface area contributed by atoms with Crippen molar-refractivity contribution in [2.75, 3.05) is 26.1 Å². The van der Waals surface area contributed by atoms with E-state index in [9.17, 15) is 4.79 Å². The van der Waals surface area contributed by atoms with Crippen LogP contribution < -0.4 is 16.2 Å². The second-order valence-electron chi connectivity index (χ2n) is 3.67. The normalized spacial score (nSPS) is 10.2. The molecule has 0 bridgehead atoms. The lowest BCUT2D eigenvalue weighted by Crippen LogP contribution is -2.14. The maximum atomic E-state index is 11.2. The van der Waals surface area contributed by atoms with Crippen LogP contribution in [0.5, 0.6) is 5.75 Å². The fraction of sp³-hybridized carbons (Fsp3) is 0.417. The van der Waals surface area contributed by atoms with Crippen LogP contribution in [-0.2, 0) is 4.74 Å². The third-order valence-electron chi connectivity index (χ3n) is 2.27. The molecule has 0 aromatic heterocycles. The van der Waals surface area contributed by atoms with E-state index in [2.05, 4.69) is 0 Å².